The molecule has 2 rings (SSSR count). The van der Waals surface area contributed by atoms with Gasteiger partial charge >= 0.3 is 0 Å². The topological polar surface area (TPSA) is 70.7 Å². The van der Waals surface area contributed by atoms with Gasteiger partial charge in [0.15, 0.2) is 0 Å². The van der Waals surface area contributed by atoms with Gasteiger partial charge in [-0.2, -0.15) is 0 Å². The van der Waals surface area contributed by atoms with Gasteiger partial charge in [0.1, 0.15) is 10.8 Å². The number of rotatable bonds is 2. The van der Waals surface area contributed by atoms with Gasteiger partial charge in [0.25, 0.3) is 5.91 Å². The summed E-state index contributed by atoms with van der Waals surface area (Å²) >= 11 is 11.3. The first-order valence-corrected chi connectivity index (χ1v) is 5.04. The molecule has 0 bridgehead atoms. The smallest absolute Gasteiger partial charge is 0.274 e. The number of aromatic amines is 1. The van der Waals surface area contributed by atoms with Gasteiger partial charge in [-0.1, -0.05) is 23.2 Å². The molecule has 0 aliphatic carbocycles. The molecule has 2 aromatic rings. The van der Waals surface area contributed by atoms with Crippen molar-refractivity contribution in [1.82, 2.24) is 15.0 Å². The maximum atomic E-state index is 11.6. The molecule has 0 saturated heterocycles. The molecule has 82 valence electrons. The second kappa shape index (κ2) is 4.51. The van der Waals surface area contributed by atoms with E-state index in [-0.39, 0.29) is 17.0 Å². The molecule has 2 heterocycles. The van der Waals surface area contributed by atoms with Crippen LogP contribution in [0.25, 0.3) is 0 Å². The van der Waals surface area contributed by atoms with Crippen LogP contribution >= 0.6 is 23.2 Å². The summed E-state index contributed by atoms with van der Waals surface area (Å²) in [7, 11) is 0. The van der Waals surface area contributed by atoms with Gasteiger partial charge < -0.3 is 4.98 Å². The fourth-order valence-electron chi connectivity index (χ4n) is 1.06. The molecule has 1 amide bonds. The Morgan fingerprint density at radius 1 is 1.44 bits per heavy atom. The van der Waals surface area contributed by atoms with Crippen LogP contribution in [0.15, 0.2) is 24.5 Å². The SMILES string of the molecule is O=C(Nc1nccc(Cl)n1)c1cc(Cl)c[nH]1. The van der Waals surface area contributed by atoms with Crippen molar-refractivity contribution in [1.29, 1.82) is 0 Å². The molecule has 16 heavy (non-hydrogen) atoms. The number of halogens is 2. The minimum Gasteiger partial charge on any atom is -0.356 e. The van der Waals surface area contributed by atoms with E-state index in [0.717, 1.165) is 0 Å². The first kappa shape index (κ1) is 10.9. The summed E-state index contributed by atoms with van der Waals surface area (Å²) in [5.41, 5.74) is 0.327. The summed E-state index contributed by atoms with van der Waals surface area (Å²) in [5, 5.41) is 3.19. The van der Waals surface area contributed by atoms with E-state index in [2.05, 4.69) is 20.3 Å². The number of amides is 1. The van der Waals surface area contributed by atoms with Gasteiger partial charge in [0, 0.05) is 12.4 Å². The highest BCUT2D eigenvalue weighted by Gasteiger charge is 2.09. The van der Waals surface area contributed by atoms with Gasteiger partial charge in [-0.3, -0.25) is 10.1 Å². The predicted molar refractivity (Wildman–Crippen MR) is 60.8 cm³/mol. The Balaban J connectivity index is 2.13. The van der Waals surface area contributed by atoms with Crippen molar-refractivity contribution >= 4 is 35.1 Å². The predicted octanol–water partition coefficient (Wildman–Crippen LogP) is 2.36. The zero-order valence-corrected chi connectivity index (χ0v) is 9.38. The lowest BCUT2D eigenvalue weighted by Crippen LogP contribution is -2.14. The van der Waals surface area contributed by atoms with E-state index in [0.29, 0.717) is 10.7 Å². The van der Waals surface area contributed by atoms with Crippen molar-refractivity contribution in [3.05, 3.63) is 40.4 Å². The number of hydrogen-bond acceptors (Lipinski definition) is 3. The van der Waals surface area contributed by atoms with E-state index in [9.17, 15) is 4.79 Å². The molecule has 0 saturated carbocycles. The number of carbonyl (C=O) groups excluding carboxylic acids is 1. The second-order valence-corrected chi connectivity index (χ2v) is 3.71. The number of nitrogens with one attached hydrogen (secondary N) is 2. The van der Waals surface area contributed by atoms with Crippen LogP contribution in [0.1, 0.15) is 10.5 Å². The fourth-order valence-corrected chi connectivity index (χ4v) is 1.36. The van der Waals surface area contributed by atoms with E-state index < -0.39 is 0 Å². The molecule has 7 heteroatoms. The Labute approximate surface area is 101 Å². The average molecular weight is 257 g/mol. The number of anilines is 1. The number of nitrogens with zero attached hydrogens (tertiary/aromatic N) is 2. The third-order valence-electron chi connectivity index (χ3n) is 1.74. The van der Waals surface area contributed by atoms with E-state index in [1.165, 1.54) is 24.5 Å². The van der Waals surface area contributed by atoms with Crippen molar-refractivity contribution in [2.75, 3.05) is 5.32 Å². The maximum Gasteiger partial charge on any atom is 0.274 e. The number of aromatic nitrogens is 3. The first-order valence-electron chi connectivity index (χ1n) is 4.29. The lowest BCUT2D eigenvalue weighted by atomic mass is 10.4. The second-order valence-electron chi connectivity index (χ2n) is 2.89. The number of H-pyrrole nitrogens is 1. The van der Waals surface area contributed by atoms with Crippen molar-refractivity contribution in [2.24, 2.45) is 0 Å². The quantitative estimate of drug-likeness (QED) is 0.811. The maximum absolute atomic E-state index is 11.6. The third kappa shape index (κ3) is 2.50. The van der Waals surface area contributed by atoms with Crippen molar-refractivity contribution in [3.8, 4) is 0 Å². The van der Waals surface area contributed by atoms with Crippen LogP contribution < -0.4 is 5.32 Å². The molecule has 2 N–H and O–H groups in total. The number of carbonyl (C=O) groups is 1. The monoisotopic (exact) mass is 256 g/mol. The molecule has 0 aliphatic rings. The highest BCUT2D eigenvalue weighted by Crippen LogP contribution is 2.11. The van der Waals surface area contributed by atoms with Crippen LogP contribution in [0.4, 0.5) is 5.95 Å². The fraction of sp³-hybridized carbons (Fsp3) is 0. The molecule has 2 aromatic heterocycles. The summed E-state index contributed by atoms with van der Waals surface area (Å²) in [5.74, 6) is -0.239. The highest BCUT2D eigenvalue weighted by molar-refractivity contribution is 6.31. The van der Waals surface area contributed by atoms with Crippen LogP contribution in [0.3, 0.4) is 0 Å². The zero-order chi connectivity index (χ0) is 11.5. The molecule has 0 aromatic carbocycles. The molecule has 0 fully saturated rings. The Kier molecular flexibility index (Phi) is 3.07. The van der Waals surface area contributed by atoms with E-state index in [4.69, 9.17) is 23.2 Å². The van der Waals surface area contributed by atoms with Crippen LogP contribution in [0.2, 0.25) is 10.2 Å². The number of hydrogen-bond donors (Lipinski definition) is 2. The lowest BCUT2D eigenvalue weighted by Gasteiger charge is -2.01. The molecule has 0 radical (unpaired) electrons. The molecule has 0 aliphatic heterocycles. The first-order chi connectivity index (χ1) is 7.65. The lowest BCUT2D eigenvalue weighted by molar-refractivity contribution is 0.102. The van der Waals surface area contributed by atoms with Gasteiger partial charge in [-0.05, 0) is 12.1 Å². The van der Waals surface area contributed by atoms with Gasteiger partial charge in [-0.25, -0.2) is 9.97 Å². The van der Waals surface area contributed by atoms with Gasteiger partial charge in [-0.15, -0.1) is 0 Å². The molecule has 0 unspecified atom stereocenters. The Morgan fingerprint density at radius 3 is 2.88 bits per heavy atom. The third-order valence-corrected chi connectivity index (χ3v) is 2.17. The van der Waals surface area contributed by atoms with E-state index >= 15 is 0 Å². The van der Waals surface area contributed by atoms with E-state index in [1.807, 2.05) is 0 Å². The molecular weight excluding hydrogens is 251 g/mol. The summed E-state index contributed by atoms with van der Waals surface area (Å²) in [6.07, 6.45) is 2.96. The van der Waals surface area contributed by atoms with Gasteiger partial charge in [0.2, 0.25) is 5.95 Å². The average Bonchev–Trinajstić information content (AvgIpc) is 2.65. The van der Waals surface area contributed by atoms with Crippen molar-refractivity contribution in [2.45, 2.75) is 0 Å². The van der Waals surface area contributed by atoms with Crippen molar-refractivity contribution < 1.29 is 4.79 Å². The van der Waals surface area contributed by atoms with Gasteiger partial charge in [0.05, 0.1) is 5.02 Å². The minimum absolute atomic E-state index is 0.142. The standard InChI is InChI=1S/C9H6Cl2N4O/c10-5-3-6(13-4-5)8(16)15-9-12-2-1-7(11)14-9/h1-4,13H,(H,12,14,15,16). The van der Waals surface area contributed by atoms with Crippen LogP contribution in [-0.4, -0.2) is 20.9 Å². The molecule has 5 nitrogen and oxygen atoms in total. The van der Waals surface area contributed by atoms with Crippen LogP contribution in [-0.2, 0) is 0 Å². The van der Waals surface area contributed by atoms with Crippen molar-refractivity contribution in [3.63, 3.8) is 0 Å². The Morgan fingerprint density at radius 2 is 2.25 bits per heavy atom. The molecule has 0 atom stereocenters. The summed E-state index contributed by atoms with van der Waals surface area (Å²) < 4.78 is 0. The van der Waals surface area contributed by atoms with Crippen LogP contribution in [0.5, 0.6) is 0 Å². The molecule has 0 spiro atoms. The normalized spacial score (nSPS) is 10.1. The zero-order valence-electron chi connectivity index (χ0n) is 7.87. The molecular formula is C9H6Cl2N4O. The largest absolute Gasteiger partial charge is 0.356 e. The summed E-state index contributed by atoms with van der Waals surface area (Å²) in [6, 6.07) is 3.02. The summed E-state index contributed by atoms with van der Waals surface area (Å²) in [6.45, 7) is 0. The Bertz CT molecular complexity index is 526. The summed E-state index contributed by atoms with van der Waals surface area (Å²) in [4.78, 5) is 22.0. The van der Waals surface area contributed by atoms with E-state index in [1.54, 1.807) is 0 Å². The Hall–Kier alpha value is -1.59. The van der Waals surface area contributed by atoms with Crippen LogP contribution in [0, 0.1) is 0 Å². The minimum atomic E-state index is -0.380. The highest BCUT2D eigenvalue weighted by atomic mass is 35.5.